The highest BCUT2D eigenvalue weighted by Crippen LogP contribution is 2.14. The Labute approximate surface area is 97.7 Å². The van der Waals surface area contributed by atoms with E-state index in [-0.39, 0.29) is 17.8 Å². The Morgan fingerprint density at radius 1 is 0.941 bits per heavy atom. The van der Waals surface area contributed by atoms with Crippen molar-refractivity contribution in [2.45, 2.75) is 6.42 Å². The van der Waals surface area contributed by atoms with Gasteiger partial charge in [-0.15, -0.1) is 0 Å². The number of Topliss-reactive ketones (excluding diaryl/α,β-unsaturated/α-hetero) is 1. The molecule has 0 saturated heterocycles. The Bertz CT molecular complexity index is 535. The fourth-order valence-electron chi connectivity index (χ4n) is 1.58. The van der Waals surface area contributed by atoms with Gasteiger partial charge < -0.3 is 0 Å². The van der Waals surface area contributed by atoms with Gasteiger partial charge >= 0.3 is 0 Å². The van der Waals surface area contributed by atoms with E-state index in [4.69, 9.17) is 0 Å². The molecule has 0 aliphatic rings. The Hall–Kier alpha value is -2.03. The van der Waals surface area contributed by atoms with E-state index >= 15 is 0 Å². The van der Waals surface area contributed by atoms with Crippen molar-refractivity contribution in [1.82, 2.24) is 0 Å². The highest BCUT2D eigenvalue weighted by molar-refractivity contribution is 5.97. The van der Waals surface area contributed by atoms with Crippen molar-refractivity contribution in [3.8, 4) is 0 Å². The van der Waals surface area contributed by atoms with E-state index in [2.05, 4.69) is 0 Å². The maximum Gasteiger partial charge on any atom is 0.167 e. The molecule has 0 atom stereocenters. The van der Waals surface area contributed by atoms with Crippen molar-refractivity contribution >= 4 is 5.78 Å². The maximum atomic E-state index is 13.4. The molecule has 0 saturated carbocycles. The lowest BCUT2D eigenvalue weighted by Crippen LogP contribution is -2.05. The number of benzene rings is 2. The number of carbonyl (C=O) groups is 1. The largest absolute Gasteiger partial charge is 0.294 e. The van der Waals surface area contributed by atoms with E-state index in [1.807, 2.05) is 0 Å². The van der Waals surface area contributed by atoms with Gasteiger partial charge in [-0.1, -0.05) is 42.5 Å². The first-order chi connectivity index (χ1) is 8.18. The van der Waals surface area contributed by atoms with Crippen molar-refractivity contribution < 1.29 is 13.6 Å². The van der Waals surface area contributed by atoms with Gasteiger partial charge in [-0.3, -0.25) is 4.79 Å². The second-order valence-corrected chi connectivity index (χ2v) is 3.68. The molecular weight excluding hydrogens is 222 g/mol. The highest BCUT2D eigenvalue weighted by atomic mass is 19.2. The summed E-state index contributed by atoms with van der Waals surface area (Å²) in [6, 6.07) is 12.4. The first-order valence-corrected chi connectivity index (χ1v) is 5.19. The molecule has 0 bridgehead atoms. The summed E-state index contributed by atoms with van der Waals surface area (Å²) in [5.74, 6) is -2.10. The fraction of sp³-hybridized carbons (Fsp3) is 0.0714. The maximum absolute atomic E-state index is 13.4. The molecule has 2 rings (SSSR count). The van der Waals surface area contributed by atoms with Crippen molar-refractivity contribution in [3.63, 3.8) is 0 Å². The third kappa shape index (κ3) is 2.56. The van der Waals surface area contributed by atoms with Crippen molar-refractivity contribution in [3.05, 3.63) is 71.3 Å². The summed E-state index contributed by atoms with van der Waals surface area (Å²) in [7, 11) is 0. The molecule has 0 aromatic heterocycles. The number of halogens is 2. The van der Waals surface area contributed by atoms with Crippen molar-refractivity contribution in [2.75, 3.05) is 0 Å². The van der Waals surface area contributed by atoms with Crippen molar-refractivity contribution in [2.24, 2.45) is 0 Å². The zero-order valence-electron chi connectivity index (χ0n) is 8.99. The number of hydrogen-bond acceptors (Lipinski definition) is 1. The quantitative estimate of drug-likeness (QED) is 0.741. The van der Waals surface area contributed by atoms with Gasteiger partial charge in [-0.05, 0) is 11.6 Å². The predicted octanol–water partition coefficient (Wildman–Crippen LogP) is 3.39. The first kappa shape index (κ1) is 11.5. The monoisotopic (exact) mass is 232 g/mol. The standard InChI is InChI=1S/C14H10F2O/c15-12-8-4-7-11(14(12)16)9-13(17)10-5-2-1-3-6-10/h1-8H,9H2. The van der Waals surface area contributed by atoms with Crippen molar-refractivity contribution in [1.29, 1.82) is 0 Å². The van der Waals surface area contributed by atoms with Crippen LogP contribution in [0.3, 0.4) is 0 Å². The summed E-state index contributed by atoms with van der Waals surface area (Å²) < 4.78 is 26.3. The van der Waals surface area contributed by atoms with Gasteiger partial charge in [-0.25, -0.2) is 8.78 Å². The lowest BCUT2D eigenvalue weighted by molar-refractivity contribution is 0.0991. The van der Waals surface area contributed by atoms with Crippen LogP contribution in [0.5, 0.6) is 0 Å². The number of ketones is 1. The van der Waals surface area contributed by atoms with Crippen LogP contribution >= 0.6 is 0 Å². The second-order valence-electron chi connectivity index (χ2n) is 3.68. The molecule has 0 N–H and O–H groups in total. The van der Waals surface area contributed by atoms with Gasteiger partial charge in [0.1, 0.15) is 0 Å². The lowest BCUT2D eigenvalue weighted by atomic mass is 10.0. The fourth-order valence-corrected chi connectivity index (χ4v) is 1.58. The van der Waals surface area contributed by atoms with E-state index in [0.717, 1.165) is 6.07 Å². The molecule has 2 aromatic carbocycles. The van der Waals surface area contributed by atoms with Crippen LogP contribution in [-0.2, 0) is 6.42 Å². The smallest absolute Gasteiger partial charge is 0.167 e. The minimum absolute atomic E-state index is 0.0823. The van der Waals surface area contributed by atoms with Crippen LogP contribution in [0.1, 0.15) is 15.9 Å². The van der Waals surface area contributed by atoms with Crippen LogP contribution in [0.25, 0.3) is 0 Å². The molecular formula is C14H10F2O. The van der Waals surface area contributed by atoms with Crippen LogP contribution in [0, 0.1) is 11.6 Å². The third-order valence-corrected chi connectivity index (χ3v) is 2.48. The molecule has 0 unspecified atom stereocenters. The summed E-state index contributed by atoms with van der Waals surface area (Å²) in [6.45, 7) is 0. The molecule has 2 aromatic rings. The van der Waals surface area contributed by atoms with Crippen LogP contribution < -0.4 is 0 Å². The second kappa shape index (κ2) is 4.87. The molecule has 0 aliphatic heterocycles. The van der Waals surface area contributed by atoms with Gasteiger partial charge in [0, 0.05) is 12.0 Å². The molecule has 0 heterocycles. The summed E-state index contributed by atoms with van der Waals surface area (Å²) in [5, 5.41) is 0. The third-order valence-electron chi connectivity index (χ3n) is 2.48. The van der Waals surface area contributed by atoms with E-state index in [0.29, 0.717) is 5.56 Å². The molecule has 0 fully saturated rings. The Morgan fingerprint density at radius 2 is 1.65 bits per heavy atom. The Balaban J connectivity index is 2.22. The van der Waals surface area contributed by atoms with Crippen LogP contribution in [-0.4, -0.2) is 5.78 Å². The zero-order valence-corrected chi connectivity index (χ0v) is 8.99. The van der Waals surface area contributed by atoms with Gasteiger partial charge in [0.05, 0.1) is 0 Å². The van der Waals surface area contributed by atoms with Gasteiger partial charge in [0.2, 0.25) is 0 Å². The molecule has 17 heavy (non-hydrogen) atoms. The Kier molecular flexibility index (Phi) is 3.28. The van der Waals surface area contributed by atoms with Crippen LogP contribution in [0.4, 0.5) is 8.78 Å². The highest BCUT2D eigenvalue weighted by Gasteiger charge is 2.12. The Morgan fingerprint density at radius 3 is 2.35 bits per heavy atom. The SMILES string of the molecule is O=C(Cc1cccc(F)c1F)c1ccccc1. The molecule has 1 nitrogen and oxygen atoms in total. The summed E-state index contributed by atoms with van der Waals surface area (Å²) in [4.78, 5) is 11.8. The summed E-state index contributed by atoms with van der Waals surface area (Å²) >= 11 is 0. The average Bonchev–Trinajstić information content (AvgIpc) is 2.36. The van der Waals surface area contributed by atoms with Crippen LogP contribution in [0.15, 0.2) is 48.5 Å². The molecule has 86 valence electrons. The van der Waals surface area contributed by atoms with E-state index in [1.54, 1.807) is 30.3 Å². The topological polar surface area (TPSA) is 17.1 Å². The summed E-state index contributed by atoms with van der Waals surface area (Å²) in [6.07, 6.45) is -0.131. The van der Waals surface area contributed by atoms with Gasteiger partial charge in [0.25, 0.3) is 0 Å². The molecule has 0 spiro atoms. The molecule has 3 heteroatoms. The van der Waals surface area contributed by atoms with Gasteiger partial charge in [0.15, 0.2) is 17.4 Å². The predicted molar refractivity (Wildman–Crippen MR) is 60.8 cm³/mol. The number of carbonyl (C=O) groups excluding carboxylic acids is 1. The van der Waals surface area contributed by atoms with E-state index < -0.39 is 11.6 Å². The molecule has 0 radical (unpaired) electrons. The van der Waals surface area contributed by atoms with Gasteiger partial charge in [-0.2, -0.15) is 0 Å². The van der Waals surface area contributed by atoms with E-state index in [1.165, 1.54) is 12.1 Å². The minimum atomic E-state index is -0.947. The number of hydrogen-bond donors (Lipinski definition) is 0. The first-order valence-electron chi connectivity index (χ1n) is 5.19. The molecule has 0 aliphatic carbocycles. The molecule has 0 amide bonds. The van der Waals surface area contributed by atoms with E-state index in [9.17, 15) is 13.6 Å². The average molecular weight is 232 g/mol. The summed E-state index contributed by atoms with van der Waals surface area (Å²) in [5.41, 5.74) is 0.579. The number of rotatable bonds is 3. The zero-order chi connectivity index (χ0) is 12.3. The minimum Gasteiger partial charge on any atom is -0.294 e. The lowest BCUT2D eigenvalue weighted by Gasteiger charge is -2.03. The van der Waals surface area contributed by atoms with Crippen LogP contribution in [0.2, 0.25) is 0 Å². The normalized spacial score (nSPS) is 10.2.